The van der Waals surface area contributed by atoms with Gasteiger partial charge in [0.15, 0.2) is 0 Å². The van der Waals surface area contributed by atoms with Crippen molar-refractivity contribution in [1.82, 2.24) is 4.98 Å². The van der Waals surface area contributed by atoms with Crippen molar-refractivity contribution < 1.29 is 0 Å². The zero-order valence-electron chi connectivity index (χ0n) is 9.40. The van der Waals surface area contributed by atoms with Gasteiger partial charge in [-0.3, -0.25) is 0 Å². The van der Waals surface area contributed by atoms with Crippen LogP contribution in [0, 0.1) is 5.92 Å². The van der Waals surface area contributed by atoms with Crippen LogP contribution in [-0.2, 0) is 6.42 Å². The first-order valence-corrected chi connectivity index (χ1v) is 6.97. The molecule has 0 aliphatic carbocycles. The maximum atomic E-state index is 4.46. The molecule has 1 nitrogen and oxygen atoms in total. The Morgan fingerprint density at radius 3 is 2.56 bits per heavy atom. The molecule has 1 aromatic heterocycles. The average Bonchev–Trinajstić information content (AvgIpc) is 2.66. The zero-order valence-corrected chi connectivity index (χ0v) is 11.8. The number of benzene rings is 1. The van der Waals surface area contributed by atoms with E-state index in [-0.39, 0.29) is 0 Å². The molecule has 0 radical (unpaired) electrons. The van der Waals surface area contributed by atoms with Gasteiger partial charge in [0.1, 0.15) is 0 Å². The minimum Gasteiger partial charge on any atom is -0.249 e. The fourth-order valence-corrected chi connectivity index (χ4v) is 2.90. The monoisotopic (exact) mass is 295 g/mol. The molecule has 0 aliphatic heterocycles. The Bertz CT molecular complexity index is 459. The van der Waals surface area contributed by atoms with Gasteiger partial charge in [-0.2, -0.15) is 0 Å². The molecule has 2 rings (SSSR count). The molecule has 0 atom stereocenters. The van der Waals surface area contributed by atoms with Crippen molar-refractivity contribution in [3.63, 3.8) is 0 Å². The molecule has 1 aromatic carbocycles. The van der Waals surface area contributed by atoms with Crippen LogP contribution >= 0.6 is 27.3 Å². The lowest BCUT2D eigenvalue weighted by molar-refractivity contribution is 0.644. The van der Waals surface area contributed by atoms with E-state index in [0.29, 0.717) is 5.92 Å². The molecule has 3 heteroatoms. The van der Waals surface area contributed by atoms with Gasteiger partial charge in [0.25, 0.3) is 0 Å². The Morgan fingerprint density at radius 1 is 1.25 bits per heavy atom. The highest BCUT2D eigenvalue weighted by molar-refractivity contribution is 9.10. The standard InChI is InChI=1S/C13H14BrNS/c1-9(2)7-13-15-8-12(16-13)10-3-5-11(14)6-4-10/h3-6,8-9H,7H2,1-2H3. The van der Waals surface area contributed by atoms with Gasteiger partial charge < -0.3 is 0 Å². The topological polar surface area (TPSA) is 12.9 Å². The van der Waals surface area contributed by atoms with E-state index in [0.717, 1.165) is 10.9 Å². The van der Waals surface area contributed by atoms with Gasteiger partial charge in [-0.15, -0.1) is 11.3 Å². The summed E-state index contributed by atoms with van der Waals surface area (Å²) in [6.45, 7) is 4.45. The van der Waals surface area contributed by atoms with Crippen LogP contribution in [0.4, 0.5) is 0 Å². The lowest BCUT2D eigenvalue weighted by Gasteiger charge is -1.99. The van der Waals surface area contributed by atoms with Crippen molar-refractivity contribution in [2.45, 2.75) is 20.3 Å². The second-order valence-electron chi connectivity index (χ2n) is 4.22. The van der Waals surface area contributed by atoms with Gasteiger partial charge in [-0.1, -0.05) is 41.9 Å². The van der Waals surface area contributed by atoms with E-state index in [9.17, 15) is 0 Å². The third-order valence-corrected chi connectivity index (χ3v) is 3.86. The molecule has 16 heavy (non-hydrogen) atoms. The minimum absolute atomic E-state index is 0.670. The quantitative estimate of drug-likeness (QED) is 0.795. The van der Waals surface area contributed by atoms with Crippen LogP contribution in [0.5, 0.6) is 0 Å². The Balaban J connectivity index is 2.21. The number of thiazole rings is 1. The zero-order chi connectivity index (χ0) is 11.5. The fraction of sp³-hybridized carbons (Fsp3) is 0.308. The van der Waals surface area contributed by atoms with Gasteiger partial charge in [0.2, 0.25) is 0 Å². The number of aromatic nitrogens is 1. The minimum atomic E-state index is 0.670. The highest BCUT2D eigenvalue weighted by Gasteiger charge is 2.05. The summed E-state index contributed by atoms with van der Waals surface area (Å²) in [7, 11) is 0. The Morgan fingerprint density at radius 2 is 1.94 bits per heavy atom. The van der Waals surface area contributed by atoms with Gasteiger partial charge in [-0.05, 0) is 23.6 Å². The third-order valence-electron chi connectivity index (χ3n) is 2.27. The molecular weight excluding hydrogens is 282 g/mol. The van der Waals surface area contributed by atoms with Crippen LogP contribution in [-0.4, -0.2) is 4.98 Å². The van der Waals surface area contributed by atoms with Gasteiger partial charge >= 0.3 is 0 Å². The van der Waals surface area contributed by atoms with E-state index < -0.39 is 0 Å². The summed E-state index contributed by atoms with van der Waals surface area (Å²) in [5.74, 6) is 0.670. The molecule has 0 bridgehead atoms. The van der Waals surface area contributed by atoms with Crippen LogP contribution < -0.4 is 0 Å². The van der Waals surface area contributed by atoms with E-state index in [1.165, 1.54) is 15.4 Å². The molecule has 0 fully saturated rings. The maximum Gasteiger partial charge on any atom is 0.0933 e. The van der Waals surface area contributed by atoms with Gasteiger partial charge in [-0.25, -0.2) is 4.98 Å². The molecule has 2 aromatic rings. The lowest BCUT2D eigenvalue weighted by Crippen LogP contribution is -1.91. The summed E-state index contributed by atoms with van der Waals surface area (Å²) in [6, 6.07) is 8.38. The first-order chi connectivity index (χ1) is 7.65. The van der Waals surface area contributed by atoms with E-state index in [1.54, 1.807) is 11.3 Å². The molecule has 0 saturated heterocycles. The molecule has 0 amide bonds. The Labute approximate surface area is 109 Å². The smallest absolute Gasteiger partial charge is 0.0933 e. The van der Waals surface area contributed by atoms with Crippen molar-refractivity contribution in [3.8, 4) is 10.4 Å². The molecule has 84 valence electrons. The van der Waals surface area contributed by atoms with Crippen LogP contribution in [0.15, 0.2) is 34.9 Å². The Kier molecular flexibility index (Phi) is 3.77. The van der Waals surface area contributed by atoms with E-state index in [2.05, 4.69) is 59.0 Å². The van der Waals surface area contributed by atoms with E-state index >= 15 is 0 Å². The molecule has 0 aliphatic rings. The van der Waals surface area contributed by atoms with E-state index in [1.807, 2.05) is 6.20 Å². The van der Waals surface area contributed by atoms with Crippen LogP contribution in [0.25, 0.3) is 10.4 Å². The largest absolute Gasteiger partial charge is 0.249 e. The van der Waals surface area contributed by atoms with Crippen LogP contribution in [0.1, 0.15) is 18.9 Å². The summed E-state index contributed by atoms with van der Waals surface area (Å²) >= 11 is 5.24. The van der Waals surface area contributed by atoms with Gasteiger partial charge in [0.05, 0.1) is 9.88 Å². The predicted octanol–water partition coefficient (Wildman–Crippen LogP) is 4.77. The summed E-state index contributed by atoms with van der Waals surface area (Å²) in [4.78, 5) is 5.71. The summed E-state index contributed by atoms with van der Waals surface area (Å²) in [5.41, 5.74) is 1.25. The summed E-state index contributed by atoms with van der Waals surface area (Å²) in [5, 5.41) is 1.23. The number of rotatable bonds is 3. The third kappa shape index (κ3) is 2.92. The summed E-state index contributed by atoms with van der Waals surface area (Å²) in [6.07, 6.45) is 3.05. The second-order valence-corrected chi connectivity index (χ2v) is 6.25. The van der Waals surface area contributed by atoms with Crippen molar-refractivity contribution in [3.05, 3.63) is 39.9 Å². The van der Waals surface area contributed by atoms with Crippen LogP contribution in [0.2, 0.25) is 0 Å². The van der Waals surface area contributed by atoms with Crippen molar-refractivity contribution in [1.29, 1.82) is 0 Å². The molecule has 0 spiro atoms. The Hall–Kier alpha value is -0.670. The second kappa shape index (κ2) is 5.11. The van der Waals surface area contributed by atoms with Crippen molar-refractivity contribution in [2.24, 2.45) is 5.92 Å². The predicted molar refractivity (Wildman–Crippen MR) is 73.8 cm³/mol. The first-order valence-electron chi connectivity index (χ1n) is 5.36. The molecule has 0 unspecified atom stereocenters. The molecule has 0 N–H and O–H groups in total. The number of hydrogen-bond donors (Lipinski definition) is 0. The highest BCUT2D eigenvalue weighted by atomic mass is 79.9. The number of nitrogens with zero attached hydrogens (tertiary/aromatic N) is 1. The first kappa shape index (κ1) is 11.8. The average molecular weight is 296 g/mol. The highest BCUT2D eigenvalue weighted by Crippen LogP contribution is 2.28. The molecule has 1 heterocycles. The number of hydrogen-bond acceptors (Lipinski definition) is 2. The maximum absolute atomic E-state index is 4.46. The fourth-order valence-electron chi connectivity index (χ4n) is 1.50. The SMILES string of the molecule is CC(C)Cc1ncc(-c2ccc(Br)cc2)s1. The molecular formula is C13H14BrNS. The van der Waals surface area contributed by atoms with Crippen LogP contribution in [0.3, 0.4) is 0 Å². The van der Waals surface area contributed by atoms with E-state index in [4.69, 9.17) is 0 Å². The van der Waals surface area contributed by atoms with Gasteiger partial charge in [0, 0.05) is 17.1 Å². The normalized spacial score (nSPS) is 11.0. The van der Waals surface area contributed by atoms with Crippen molar-refractivity contribution in [2.75, 3.05) is 0 Å². The number of halogens is 1. The lowest BCUT2D eigenvalue weighted by atomic mass is 10.1. The molecule has 0 saturated carbocycles. The van der Waals surface area contributed by atoms with Crippen molar-refractivity contribution >= 4 is 27.3 Å². The summed E-state index contributed by atoms with van der Waals surface area (Å²) < 4.78 is 1.11.